The van der Waals surface area contributed by atoms with Crippen LogP contribution in [0.1, 0.15) is 24.2 Å². The van der Waals surface area contributed by atoms with E-state index in [9.17, 15) is 4.79 Å². The summed E-state index contributed by atoms with van der Waals surface area (Å²) in [5.41, 5.74) is 1.90. The van der Waals surface area contributed by atoms with Crippen molar-refractivity contribution in [3.8, 4) is 11.9 Å². The van der Waals surface area contributed by atoms with Crippen molar-refractivity contribution in [1.82, 2.24) is 25.3 Å². The zero-order valence-corrected chi connectivity index (χ0v) is 17.9. The Bertz CT molecular complexity index is 1080. The van der Waals surface area contributed by atoms with Crippen LogP contribution in [-0.4, -0.2) is 65.2 Å². The fourth-order valence-electron chi connectivity index (χ4n) is 3.84. The predicted octanol–water partition coefficient (Wildman–Crippen LogP) is 1.88. The molecule has 10 nitrogen and oxygen atoms in total. The topological polar surface area (TPSA) is 114 Å². The van der Waals surface area contributed by atoms with Crippen molar-refractivity contribution in [2.45, 2.75) is 25.9 Å². The number of hydrogen-bond donors (Lipinski definition) is 2. The fourth-order valence-corrected chi connectivity index (χ4v) is 3.84. The molecule has 0 spiro atoms. The molecule has 4 rings (SSSR count). The molecule has 162 valence electrons. The van der Waals surface area contributed by atoms with Crippen LogP contribution in [0.4, 0.5) is 11.5 Å². The lowest BCUT2D eigenvalue weighted by molar-refractivity contribution is 0.102. The molecular formula is C21H25N7O3. The average Bonchev–Trinajstić information content (AvgIpc) is 2.77. The van der Waals surface area contributed by atoms with Gasteiger partial charge in [-0.2, -0.15) is 4.98 Å². The van der Waals surface area contributed by atoms with E-state index in [0.29, 0.717) is 34.9 Å². The van der Waals surface area contributed by atoms with Crippen LogP contribution in [0.5, 0.6) is 11.9 Å². The van der Waals surface area contributed by atoms with E-state index < -0.39 is 0 Å². The van der Waals surface area contributed by atoms with Crippen LogP contribution in [-0.2, 0) is 0 Å². The van der Waals surface area contributed by atoms with Gasteiger partial charge in [-0.05, 0) is 26.0 Å². The third kappa shape index (κ3) is 4.33. The Morgan fingerprint density at radius 2 is 1.84 bits per heavy atom. The number of benzene rings is 1. The van der Waals surface area contributed by atoms with Crippen molar-refractivity contribution in [2.24, 2.45) is 0 Å². The molecule has 1 amide bonds. The smallest absolute Gasteiger partial charge is 0.316 e. The van der Waals surface area contributed by atoms with E-state index in [4.69, 9.17) is 9.47 Å². The number of fused-ring (bicyclic) bond motifs is 1. The van der Waals surface area contributed by atoms with Gasteiger partial charge < -0.3 is 25.0 Å². The molecule has 1 fully saturated rings. The van der Waals surface area contributed by atoms with Crippen LogP contribution < -0.4 is 25.0 Å². The number of nitrogens with one attached hydrogen (secondary N) is 2. The number of hydrogen-bond acceptors (Lipinski definition) is 9. The summed E-state index contributed by atoms with van der Waals surface area (Å²) in [4.78, 5) is 32.3. The molecule has 2 aromatic heterocycles. The summed E-state index contributed by atoms with van der Waals surface area (Å²) in [5.74, 6) is 0.331. The van der Waals surface area contributed by atoms with Crippen molar-refractivity contribution in [1.29, 1.82) is 0 Å². The van der Waals surface area contributed by atoms with Crippen molar-refractivity contribution < 1.29 is 14.3 Å². The Balaban J connectivity index is 1.72. The summed E-state index contributed by atoms with van der Waals surface area (Å²) >= 11 is 0. The van der Waals surface area contributed by atoms with Crippen LogP contribution in [0.3, 0.4) is 0 Å². The number of carbonyl (C=O) groups is 1. The molecule has 0 bridgehead atoms. The van der Waals surface area contributed by atoms with Gasteiger partial charge in [-0.1, -0.05) is 0 Å². The van der Waals surface area contributed by atoms with Crippen molar-refractivity contribution in [2.75, 3.05) is 37.5 Å². The average molecular weight is 423 g/mol. The van der Waals surface area contributed by atoms with Gasteiger partial charge in [0.25, 0.3) is 5.91 Å². The number of nitrogens with zero attached hydrogens (tertiary/aromatic N) is 5. The number of methoxy groups -OCH3 is 2. The SMILES string of the molecule is COc1cnc(NC(=O)c2ccc(N3C[C@@H](C)N[C@@H](C)C3)c3cnc(OC)nc23)cn1. The summed E-state index contributed by atoms with van der Waals surface area (Å²) in [5, 5.41) is 7.08. The largest absolute Gasteiger partial charge is 0.480 e. The molecule has 1 aliphatic heterocycles. The Morgan fingerprint density at radius 3 is 2.48 bits per heavy atom. The monoisotopic (exact) mass is 423 g/mol. The Morgan fingerprint density at radius 1 is 1.06 bits per heavy atom. The van der Waals surface area contributed by atoms with Gasteiger partial charge in [0.2, 0.25) is 5.88 Å². The molecule has 0 saturated carbocycles. The maximum absolute atomic E-state index is 13.0. The van der Waals surface area contributed by atoms with Crippen LogP contribution in [0.2, 0.25) is 0 Å². The van der Waals surface area contributed by atoms with Crippen LogP contribution in [0, 0.1) is 0 Å². The van der Waals surface area contributed by atoms with Gasteiger partial charge in [-0.25, -0.2) is 15.0 Å². The van der Waals surface area contributed by atoms with E-state index in [2.05, 4.69) is 49.3 Å². The maximum atomic E-state index is 13.0. The molecule has 3 aromatic rings. The van der Waals surface area contributed by atoms with E-state index in [0.717, 1.165) is 24.2 Å². The number of amides is 1. The number of aromatic nitrogens is 4. The van der Waals surface area contributed by atoms with E-state index in [-0.39, 0.29) is 11.9 Å². The van der Waals surface area contributed by atoms with E-state index in [1.54, 1.807) is 12.3 Å². The minimum atomic E-state index is -0.348. The third-order valence-electron chi connectivity index (χ3n) is 5.11. The van der Waals surface area contributed by atoms with E-state index in [1.165, 1.54) is 26.6 Å². The first-order chi connectivity index (χ1) is 15.0. The van der Waals surface area contributed by atoms with E-state index >= 15 is 0 Å². The van der Waals surface area contributed by atoms with Gasteiger partial charge in [-0.3, -0.25) is 4.79 Å². The van der Waals surface area contributed by atoms with Gasteiger partial charge in [0.15, 0.2) is 5.82 Å². The molecule has 1 aromatic carbocycles. The van der Waals surface area contributed by atoms with Gasteiger partial charge in [0.05, 0.1) is 37.7 Å². The summed E-state index contributed by atoms with van der Waals surface area (Å²) < 4.78 is 10.2. The summed E-state index contributed by atoms with van der Waals surface area (Å²) in [7, 11) is 3.00. The minimum Gasteiger partial charge on any atom is -0.480 e. The molecule has 10 heteroatoms. The molecule has 0 aliphatic carbocycles. The van der Waals surface area contributed by atoms with Gasteiger partial charge in [0, 0.05) is 42.4 Å². The van der Waals surface area contributed by atoms with Crippen molar-refractivity contribution in [3.05, 3.63) is 36.3 Å². The normalized spacial score (nSPS) is 18.6. The molecule has 0 radical (unpaired) electrons. The second kappa shape index (κ2) is 8.68. The number of anilines is 2. The second-order valence-corrected chi connectivity index (χ2v) is 7.52. The molecule has 31 heavy (non-hydrogen) atoms. The summed E-state index contributed by atoms with van der Waals surface area (Å²) in [6.45, 7) is 6.00. The first-order valence-corrected chi connectivity index (χ1v) is 10.0. The lowest BCUT2D eigenvalue weighted by Gasteiger charge is -2.38. The highest BCUT2D eigenvalue weighted by Gasteiger charge is 2.24. The Labute approximate surface area is 180 Å². The Hall–Kier alpha value is -3.53. The van der Waals surface area contributed by atoms with Gasteiger partial charge >= 0.3 is 6.01 Å². The zero-order valence-electron chi connectivity index (χ0n) is 17.9. The summed E-state index contributed by atoms with van der Waals surface area (Å²) in [6, 6.07) is 4.60. The Kier molecular flexibility index (Phi) is 5.81. The molecule has 0 unspecified atom stereocenters. The fraction of sp³-hybridized carbons (Fsp3) is 0.381. The number of carbonyl (C=O) groups excluding carboxylic acids is 1. The number of ether oxygens (including phenoxy) is 2. The number of rotatable bonds is 5. The second-order valence-electron chi connectivity index (χ2n) is 7.52. The van der Waals surface area contributed by atoms with Crippen LogP contribution in [0.15, 0.2) is 30.7 Å². The molecule has 2 N–H and O–H groups in total. The van der Waals surface area contributed by atoms with Crippen LogP contribution >= 0.6 is 0 Å². The molecular weight excluding hydrogens is 398 g/mol. The number of piperazine rings is 1. The first-order valence-electron chi connectivity index (χ1n) is 10.0. The lowest BCUT2D eigenvalue weighted by atomic mass is 10.0. The molecule has 1 saturated heterocycles. The van der Waals surface area contributed by atoms with Gasteiger partial charge in [0.1, 0.15) is 0 Å². The highest BCUT2D eigenvalue weighted by atomic mass is 16.5. The van der Waals surface area contributed by atoms with Crippen molar-refractivity contribution >= 4 is 28.3 Å². The summed E-state index contributed by atoms with van der Waals surface area (Å²) in [6.07, 6.45) is 4.58. The maximum Gasteiger partial charge on any atom is 0.316 e. The minimum absolute atomic E-state index is 0.199. The molecule has 3 heterocycles. The van der Waals surface area contributed by atoms with Crippen LogP contribution in [0.25, 0.3) is 10.9 Å². The predicted molar refractivity (Wildman–Crippen MR) is 117 cm³/mol. The molecule has 1 aliphatic rings. The highest BCUT2D eigenvalue weighted by molar-refractivity contribution is 6.13. The zero-order chi connectivity index (χ0) is 22.0. The highest BCUT2D eigenvalue weighted by Crippen LogP contribution is 2.30. The standard InChI is InChI=1S/C21H25N7O3/c1-12-10-28(11-13(2)25-12)16-6-5-14(19-15(16)7-24-21(27-19)31-4)20(29)26-17-8-23-18(30-3)9-22-17/h5-9,12-13,25H,10-11H2,1-4H3,(H,22,26,29)/t12-,13+. The van der Waals surface area contributed by atoms with Gasteiger partial charge in [-0.15, -0.1) is 0 Å². The third-order valence-corrected chi connectivity index (χ3v) is 5.11. The first kappa shape index (κ1) is 20.7. The van der Waals surface area contributed by atoms with E-state index in [1.807, 2.05) is 6.07 Å². The quantitative estimate of drug-likeness (QED) is 0.635. The lowest BCUT2D eigenvalue weighted by Crippen LogP contribution is -2.54. The van der Waals surface area contributed by atoms with Crippen molar-refractivity contribution in [3.63, 3.8) is 0 Å². The molecule has 2 atom stereocenters.